The molecule has 0 radical (unpaired) electrons. The van der Waals surface area contributed by atoms with Gasteiger partial charge < -0.3 is 10.1 Å². The smallest absolute Gasteiger partial charge is 0.313 e. The number of rotatable bonds is 7. The molecule has 37 heavy (non-hydrogen) atoms. The second-order valence-corrected chi connectivity index (χ2v) is 8.98. The van der Waals surface area contributed by atoms with Crippen LogP contribution in [0.3, 0.4) is 0 Å². The van der Waals surface area contributed by atoms with Crippen LogP contribution in [0.4, 0.5) is 15.8 Å². The first-order valence-electron chi connectivity index (χ1n) is 10.5. The number of carbonyl (C=O) groups excluding carboxylic acids is 1. The van der Waals surface area contributed by atoms with Gasteiger partial charge >= 0.3 is 5.69 Å². The fourth-order valence-electron chi connectivity index (χ4n) is 3.41. The molecule has 188 valence electrons. The van der Waals surface area contributed by atoms with Gasteiger partial charge in [0.2, 0.25) is 5.75 Å². The van der Waals surface area contributed by atoms with Crippen molar-refractivity contribution in [3.63, 3.8) is 0 Å². The summed E-state index contributed by atoms with van der Waals surface area (Å²) in [5.74, 6) is -1.26. The van der Waals surface area contributed by atoms with Gasteiger partial charge in [0.15, 0.2) is 6.61 Å². The van der Waals surface area contributed by atoms with Crippen molar-refractivity contribution in [2.45, 2.75) is 6.92 Å². The van der Waals surface area contributed by atoms with Crippen LogP contribution >= 0.6 is 27.5 Å². The lowest BCUT2D eigenvalue weighted by molar-refractivity contribution is -0.385. The third kappa shape index (κ3) is 5.98. The lowest BCUT2D eigenvalue weighted by Gasteiger charge is -2.11. The molecule has 0 unspecified atom stereocenters. The number of hydrogen-bond acceptors (Lipinski definition) is 7. The van der Waals surface area contributed by atoms with Crippen molar-refractivity contribution in [3.8, 4) is 5.75 Å². The third-order valence-corrected chi connectivity index (χ3v) is 5.71. The van der Waals surface area contributed by atoms with Gasteiger partial charge in [0.1, 0.15) is 11.6 Å². The maximum atomic E-state index is 13.4. The van der Waals surface area contributed by atoms with Crippen molar-refractivity contribution in [2.24, 2.45) is 5.10 Å². The molecule has 1 heterocycles. The number of nitrogens with one attached hydrogen (secondary N) is 1. The third-order valence-electron chi connectivity index (χ3n) is 5.00. The highest BCUT2D eigenvalue weighted by Gasteiger charge is 2.22. The van der Waals surface area contributed by atoms with E-state index in [1.54, 1.807) is 25.1 Å². The van der Waals surface area contributed by atoms with E-state index in [1.165, 1.54) is 24.3 Å². The minimum atomic E-state index is -0.727. The summed E-state index contributed by atoms with van der Waals surface area (Å²) in [6, 6.07) is 12.6. The Morgan fingerprint density at radius 2 is 2.08 bits per heavy atom. The van der Waals surface area contributed by atoms with Gasteiger partial charge in [-0.05, 0) is 49.4 Å². The molecule has 4 rings (SSSR count). The molecular formula is C24H16BrClFN5O5. The molecule has 1 N–H and O–H groups in total. The van der Waals surface area contributed by atoms with Crippen molar-refractivity contribution in [3.05, 3.63) is 102 Å². The van der Waals surface area contributed by atoms with E-state index in [4.69, 9.17) is 16.3 Å². The summed E-state index contributed by atoms with van der Waals surface area (Å²) in [5.41, 5.74) is -0.279. The molecule has 3 aromatic carbocycles. The van der Waals surface area contributed by atoms with Crippen molar-refractivity contribution in [1.29, 1.82) is 0 Å². The molecule has 0 bridgehead atoms. The van der Waals surface area contributed by atoms with E-state index < -0.39 is 34.5 Å². The molecule has 0 spiro atoms. The number of halogens is 3. The normalized spacial score (nSPS) is 11.1. The number of carbonyl (C=O) groups is 1. The Balaban J connectivity index is 1.68. The first-order chi connectivity index (χ1) is 17.6. The highest BCUT2D eigenvalue weighted by Crippen LogP contribution is 2.34. The topological polar surface area (TPSA) is 129 Å². The van der Waals surface area contributed by atoms with Crippen LogP contribution in [0.5, 0.6) is 5.75 Å². The Labute approximate surface area is 221 Å². The number of benzene rings is 3. The van der Waals surface area contributed by atoms with Crippen LogP contribution < -0.4 is 15.6 Å². The monoisotopic (exact) mass is 587 g/mol. The fourth-order valence-corrected chi connectivity index (χ4v) is 3.99. The van der Waals surface area contributed by atoms with Gasteiger partial charge in [-0.1, -0.05) is 33.6 Å². The number of anilines is 1. The second kappa shape index (κ2) is 10.8. The molecule has 4 aromatic rings. The summed E-state index contributed by atoms with van der Waals surface area (Å²) >= 11 is 9.39. The minimum Gasteiger partial charge on any atom is -0.476 e. The second-order valence-electron chi connectivity index (χ2n) is 7.63. The number of aryl methyl sites for hydroxylation is 1. The zero-order chi connectivity index (χ0) is 26.7. The zero-order valence-corrected chi connectivity index (χ0v) is 21.3. The molecule has 0 aliphatic carbocycles. The van der Waals surface area contributed by atoms with Gasteiger partial charge in [-0.3, -0.25) is 19.7 Å². The maximum absolute atomic E-state index is 13.4. The Bertz CT molecular complexity index is 1640. The average molecular weight is 589 g/mol. The van der Waals surface area contributed by atoms with E-state index in [9.17, 15) is 24.1 Å². The zero-order valence-electron chi connectivity index (χ0n) is 18.9. The first kappa shape index (κ1) is 25.9. The molecule has 0 aliphatic rings. The Morgan fingerprint density at radius 1 is 1.30 bits per heavy atom. The molecule has 1 aromatic heterocycles. The number of nitrogens with zero attached hydrogens (tertiary/aromatic N) is 4. The molecule has 0 saturated heterocycles. The standard InChI is InChI=1S/C24H16BrClFN5O5/c1-13-29-20-6-5-15(25)8-19(20)24(34)31(13)28-11-14-7-16(26)9-21(32(35)36)23(14)37-12-22(33)30-18-4-2-3-17(27)10-18/h2-11H,12H2,1H3,(H,30,33). The van der Waals surface area contributed by atoms with Crippen molar-refractivity contribution in [2.75, 3.05) is 11.9 Å². The molecule has 0 saturated carbocycles. The highest BCUT2D eigenvalue weighted by molar-refractivity contribution is 9.10. The summed E-state index contributed by atoms with van der Waals surface area (Å²) in [5, 5.41) is 18.6. The summed E-state index contributed by atoms with van der Waals surface area (Å²) in [6.07, 6.45) is 1.15. The molecule has 0 atom stereocenters. The van der Waals surface area contributed by atoms with E-state index in [0.29, 0.717) is 15.4 Å². The molecule has 0 fully saturated rings. The van der Waals surface area contributed by atoms with Gasteiger partial charge in [-0.2, -0.15) is 9.78 Å². The van der Waals surface area contributed by atoms with Gasteiger partial charge in [-0.25, -0.2) is 9.37 Å². The van der Waals surface area contributed by atoms with Crippen LogP contribution in [0, 0.1) is 22.9 Å². The summed E-state index contributed by atoms with van der Waals surface area (Å²) < 4.78 is 20.6. The molecular weight excluding hydrogens is 573 g/mol. The largest absolute Gasteiger partial charge is 0.476 e. The van der Waals surface area contributed by atoms with Crippen molar-refractivity contribution in [1.82, 2.24) is 9.66 Å². The van der Waals surface area contributed by atoms with E-state index in [1.807, 2.05) is 0 Å². The lowest BCUT2D eigenvalue weighted by Crippen LogP contribution is -2.21. The van der Waals surface area contributed by atoms with E-state index >= 15 is 0 Å². The predicted octanol–water partition coefficient (Wildman–Crippen LogP) is 5.07. The Morgan fingerprint density at radius 3 is 2.81 bits per heavy atom. The van der Waals surface area contributed by atoms with Crippen LogP contribution in [-0.2, 0) is 4.79 Å². The molecule has 1 amide bonds. The van der Waals surface area contributed by atoms with E-state index in [2.05, 4.69) is 31.3 Å². The first-order valence-corrected chi connectivity index (χ1v) is 11.7. The predicted molar refractivity (Wildman–Crippen MR) is 140 cm³/mol. The number of amides is 1. The number of aromatic nitrogens is 2. The number of nitro benzene ring substituents is 1. The molecule has 0 aliphatic heterocycles. The lowest BCUT2D eigenvalue weighted by atomic mass is 10.2. The number of nitro groups is 1. The Kier molecular flexibility index (Phi) is 7.60. The van der Waals surface area contributed by atoms with E-state index in [0.717, 1.165) is 23.0 Å². The number of hydrogen-bond donors (Lipinski definition) is 1. The van der Waals surface area contributed by atoms with Crippen molar-refractivity contribution >= 4 is 61.9 Å². The molecule has 13 heteroatoms. The van der Waals surface area contributed by atoms with Crippen LogP contribution in [0.25, 0.3) is 10.9 Å². The average Bonchev–Trinajstić information content (AvgIpc) is 2.83. The summed E-state index contributed by atoms with van der Waals surface area (Å²) in [4.78, 5) is 40.6. The van der Waals surface area contributed by atoms with Crippen LogP contribution in [0.1, 0.15) is 11.4 Å². The number of fused-ring (bicyclic) bond motifs is 1. The fraction of sp³-hybridized carbons (Fsp3) is 0.0833. The van der Waals surface area contributed by atoms with E-state index in [-0.39, 0.29) is 27.8 Å². The highest BCUT2D eigenvalue weighted by atomic mass is 79.9. The Hall–Kier alpha value is -4.16. The van der Waals surface area contributed by atoms with Gasteiger partial charge in [0.05, 0.1) is 22.0 Å². The minimum absolute atomic E-state index is 0.00866. The molecule has 10 nitrogen and oxygen atoms in total. The van der Waals surface area contributed by atoms with Crippen LogP contribution in [0.2, 0.25) is 5.02 Å². The van der Waals surface area contributed by atoms with Gasteiger partial charge in [0, 0.05) is 26.8 Å². The van der Waals surface area contributed by atoms with Gasteiger partial charge in [0.25, 0.3) is 11.5 Å². The summed E-state index contributed by atoms with van der Waals surface area (Å²) in [6.45, 7) is 0.944. The summed E-state index contributed by atoms with van der Waals surface area (Å²) in [7, 11) is 0. The van der Waals surface area contributed by atoms with Crippen LogP contribution in [-0.4, -0.2) is 33.3 Å². The quantitative estimate of drug-likeness (QED) is 0.182. The SMILES string of the molecule is Cc1nc2ccc(Br)cc2c(=O)n1N=Cc1cc(Cl)cc([N+](=O)[O-])c1OCC(=O)Nc1cccc(F)c1. The van der Waals surface area contributed by atoms with Crippen molar-refractivity contribution < 1.29 is 18.8 Å². The number of ether oxygens (including phenoxy) is 1. The maximum Gasteiger partial charge on any atom is 0.313 e. The van der Waals surface area contributed by atoms with Gasteiger partial charge in [-0.15, -0.1) is 0 Å². The van der Waals surface area contributed by atoms with Crippen LogP contribution in [0.15, 0.2) is 69.0 Å².